The fraction of sp³-hybridized carbons (Fsp3) is 0.300. The standard InChI is InChI=1S/C30H33N5O/c1-3-22(2)29(19-32-17-26-9-6-8-25-7-4-5-10-28(25)26)34-30(36)15-27-18-33-21-35(27)20-24-13-11-23(16-31)12-14-24/h4-14,18,21-22,29,32H,3,15,17,19-20H2,1-2H3,(H,34,36)/t22-,29+/m0/s1. The molecule has 0 aliphatic heterocycles. The third-order valence-electron chi connectivity index (χ3n) is 6.81. The van der Waals surface area contributed by atoms with Crippen LogP contribution in [0.3, 0.4) is 0 Å². The highest BCUT2D eigenvalue weighted by atomic mass is 16.1. The van der Waals surface area contributed by atoms with Crippen molar-refractivity contribution in [1.29, 1.82) is 5.26 Å². The van der Waals surface area contributed by atoms with Crippen LogP contribution in [0, 0.1) is 17.2 Å². The van der Waals surface area contributed by atoms with Gasteiger partial charge in [-0.2, -0.15) is 5.26 Å². The van der Waals surface area contributed by atoms with Gasteiger partial charge in [-0.1, -0.05) is 74.9 Å². The van der Waals surface area contributed by atoms with Crippen LogP contribution in [0.5, 0.6) is 0 Å². The summed E-state index contributed by atoms with van der Waals surface area (Å²) in [6, 6.07) is 24.4. The fourth-order valence-corrected chi connectivity index (χ4v) is 4.43. The molecule has 0 saturated carbocycles. The van der Waals surface area contributed by atoms with Gasteiger partial charge in [0.2, 0.25) is 5.91 Å². The average molecular weight is 480 g/mol. The van der Waals surface area contributed by atoms with Crippen LogP contribution in [0.15, 0.2) is 79.3 Å². The van der Waals surface area contributed by atoms with Gasteiger partial charge in [-0.3, -0.25) is 4.79 Å². The Hall–Kier alpha value is -3.95. The number of amides is 1. The summed E-state index contributed by atoms with van der Waals surface area (Å²) in [5.74, 6) is 0.339. The molecule has 1 amide bonds. The van der Waals surface area contributed by atoms with Gasteiger partial charge >= 0.3 is 0 Å². The predicted molar refractivity (Wildman–Crippen MR) is 143 cm³/mol. The number of nitriles is 1. The molecule has 36 heavy (non-hydrogen) atoms. The van der Waals surface area contributed by atoms with Crippen LogP contribution in [0.4, 0.5) is 0 Å². The molecular formula is C30H33N5O. The summed E-state index contributed by atoms with van der Waals surface area (Å²) < 4.78 is 1.98. The molecule has 0 aliphatic carbocycles. The SMILES string of the molecule is CC[C@H](C)[C@@H](CNCc1cccc2ccccc12)NC(=O)Cc1cncn1Cc1ccc(C#N)cc1. The first kappa shape index (κ1) is 25.2. The van der Waals surface area contributed by atoms with E-state index < -0.39 is 0 Å². The Morgan fingerprint density at radius 3 is 2.64 bits per heavy atom. The zero-order valence-corrected chi connectivity index (χ0v) is 20.9. The van der Waals surface area contributed by atoms with E-state index in [1.165, 1.54) is 16.3 Å². The van der Waals surface area contributed by atoms with Gasteiger partial charge in [-0.05, 0) is 39.9 Å². The van der Waals surface area contributed by atoms with Crippen molar-refractivity contribution >= 4 is 16.7 Å². The van der Waals surface area contributed by atoms with Crippen LogP contribution in [-0.4, -0.2) is 28.0 Å². The molecule has 0 bridgehead atoms. The van der Waals surface area contributed by atoms with Gasteiger partial charge in [0.25, 0.3) is 0 Å². The first-order chi connectivity index (χ1) is 17.6. The minimum atomic E-state index is -0.00570. The zero-order chi connectivity index (χ0) is 25.3. The second-order valence-electron chi connectivity index (χ2n) is 9.33. The van der Waals surface area contributed by atoms with E-state index in [0.717, 1.165) is 24.2 Å². The van der Waals surface area contributed by atoms with Crippen molar-refractivity contribution in [2.45, 2.75) is 45.8 Å². The molecule has 0 aliphatic rings. The van der Waals surface area contributed by atoms with Gasteiger partial charge in [-0.15, -0.1) is 0 Å². The van der Waals surface area contributed by atoms with Crippen LogP contribution in [0.2, 0.25) is 0 Å². The Morgan fingerprint density at radius 2 is 1.86 bits per heavy atom. The smallest absolute Gasteiger partial charge is 0.226 e. The topological polar surface area (TPSA) is 82.7 Å². The number of aromatic nitrogens is 2. The third kappa shape index (κ3) is 6.38. The molecule has 1 aromatic heterocycles. The number of hydrogen-bond acceptors (Lipinski definition) is 4. The van der Waals surface area contributed by atoms with Gasteiger partial charge in [0.15, 0.2) is 0 Å². The molecule has 0 spiro atoms. The Kier molecular flexibility index (Phi) is 8.48. The number of rotatable bonds is 11. The maximum absolute atomic E-state index is 13.0. The molecule has 0 radical (unpaired) electrons. The Balaban J connectivity index is 1.35. The molecule has 4 aromatic rings. The lowest BCUT2D eigenvalue weighted by Crippen LogP contribution is -2.46. The van der Waals surface area contributed by atoms with Crippen LogP contribution in [-0.2, 0) is 24.3 Å². The van der Waals surface area contributed by atoms with Crippen LogP contribution in [0.1, 0.15) is 42.7 Å². The second kappa shape index (κ2) is 12.1. The minimum Gasteiger partial charge on any atom is -0.351 e. The van der Waals surface area contributed by atoms with E-state index in [1.54, 1.807) is 24.7 Å². The lowest BCUT2D eigenvalue weighted by Gasteiger charge is -2.25. The number of nitrogens with zero attached hydrogens (tertiary/aromatic N) is 3. The lowest BCUT2D eigenvalue weighted by atomic mass is 9.98. The maximum atomic E-state index is 13.0. The van der Waals surface area contributed by atoms with E-state index in [1.807, 2.05) is 16.7 Å². The van der Waals surface area contributed by atoms with E-state index in [2.05, 4.69) is 78.0 Å². The van der Waals surface area contributed by atoms with Crippen LogP contribution in [0.25, 0.3) is 10.8 Å². The summed E-state index contributed by atoms with van der Waals surface area (Å²) in [6.07, 6.45) is 4.75. The highest BCUT2D eigenvalue weighted by molar-refractivity contribution is 5.85. The maximum Gasteiger partial charge on any atom is 0.226 e. The molecule has 0 fully saturated rings. The summed E-state index contributed by atoms with van der Waals surface area (Å²) in [5.41, 5.74) is 3.82. The van der Waals surface area contributed by atoms with Gasteiger partial charge in [0.1, 0.15) is 0 Å². The number of hydrogen-bond donors (Lipinski definition) is 2. The van der Waals surface area contributed by atoms with E-state index >= 15 is 0 Å². The third-order valence-corrected chi connectivity index (χ3v) is 6.81. The van der Waals surface area contributed by atoms with Crippen molar-refractivity contribution in [3.8, 4) is 6.07 Å². The van der Waals surface area contributed by atoms with Gasteiger partial charge < -0.3 is 15.2 Å². The fourth-order valence-electron chi connectivity index (χ4n) is 4.43. The second-order valence-corrected chi connectivity index (χ2v) is 9.33. The van der Waals surface area contributed by atoms with E-state index in [-0.39, 0.29) is 18.4 Å². The number of benzene rings is 3. The summed E-state index contributed by atoms with van der Waals surface area (Å²) >= 11 is 0. The quantitative estimate of drug-likeness (QED) is 0.323. The molecule has 3 aromatic carbocycles. The van der Waals surface area contributed by atoms with Crippen molar-refractivity contribution in [2.24, 2.45) is 5.92 Å². The molecule has 1 heterocycles. The number of nitrogens with one attached hydrogen (secondary N) is 2. The van der Waals surface area contributed by atoms with Gasteiger partial charge in [-0.25, -0.2) is 4.98 Å². The highest BCUT2D eigenvalue weighted by Crippen LogP contribution is 2.18. The summed E-state index contributed by atoms with van der Waals surface area (Å²) in [7, 11) is 0. The first-order valence-electron chi connectivity index (χ1n) is 12.5. The largest absolute Gasteiger partial charge is 0.351 e. The van der Waals surface area contributed by atoms with E-state index in [4.69, 9.17) is 5.26 Å². The molecule has 4 rings (SSSR count). The minimum absolute atomic E-state index is 0.00570. The van der Waals surface area contributed by atoms with Gasteiger partial charge in [0, 0.05) is 37.6 Å². The predicted octanol–water partition coefficient (Wildman–Crippen LogP) is 4.82. The van der Waals surface area contributed by atoms with E-state index in [0.29, 0.717) is 24.6 Å². The Morgan fingerprint density at radius 1 is 1.08 bits per heavy atom. The Labute approximate surface area is 213 Å². The number of fused-ring (bicyclic) bond motifs is 1. The molecular weight excluding hydrogens is 446 g/mol. The average Bonchev–Trinajstić information content (AvgIpc) is 3.34. The van der Waals surface area contributed by atoms with Crippen molar-refractivity contribution in [1.82, 2.24) is 20.2 Å². The first-order valence-corrected chi connectivity index (χ1v) is 12.5. The van der Waals surface area contributed by atoms with Crippen LogP contribution < -0.4 is 10.6 Å². The van der Waals surface area contributed by atoms with Crippen molar-refractivity contribution in [3.05, 3.63) is 102 Å². The molecule has 6 heteroatoms. The molecule has 184 valence electrons. The Bertz CT molecular complexity index is 1330. The molecule has 2 N–H and O–H groups in total. The normalized spacial score (nSPS) is 12.7. The zero-order valence-electron chi connectivity index (χ0n) is 20.9. The number of carbonyl (C=O) groups excluding carboxylic acids is 1. The monoisotopic (exact) mass is 479 g/mol. The number of imidazole rings is 1. The van der Waals surface area contributed by atoms with E-state index in [9.17, 15) is 4.79 Å². The molecule has 0 saturated heterocycles. The van der Waals surface area contributed by atoms with Crippen LogP contribution >= 0.6 is 0 Å². The lowest BCUT2D eigenvalue weighted by molar-refractivity contribution is -0.121. The molecule has 6 nitrogen and oxygen atoms in total. The van der Waals surface area contributed by atoms with Crippen molar-refractivity contribution in [2.75, 3.05) is 6.54 Å². The number of carbonyl (C=O) groups is 1. The highest BCUT2D eigenvalue weighted by Gasteiger charge is 2.19. The van der Waals surface area contributed by atoms with Crippen molar-refractivity contribution in [3.63, 3.8) is 0 Å². The summed E-state index contributed by atoms with van der Waals surface area (Å²) in [4.78, 5) is 17.3. The molecule has 0 unspecified atom stereocenters. The van der Waals surface area contributed by atoms with Gasteiger partial charge in [0.05, 0.1) is 24.4 Å². The summed E-state index contributed by atoms with van der Waals surface area (Å²) in [5, 5.41) is 18.3. The van der Waals surface area contributed by atoms with Crippen molar-refractivity contribution < 1.29 is 4.79 Å². The molecule has 2 atom stereocenters. The summed E-state index contributed by atoms with van der Waals surface area (Å²) in [6.45, 7) is 6.40.